The molecule has 2 aromatic rings. The van der Waals surface area contributed by atoms with E-state index in [1.165, 1.54) is 12.1 Å². The smallest absolute Gasteiger partial charge is 0.278 e. The largest absolute Gasteiger partial charge is 1.00 e. The van der Waals surface area contributed by atoms with Gasteiger partial charge in [0.05, 0.1) is 34.1 Å². The number of quaternary nitrogens is 2. The fourth-order valence-electron chi connectivity index (χ4n) is 2.64. The van der Waals surface area contributed by atoms with Crippen molar-refractivity contribution in [1.29, 1.82) is 0 Å². The number of hydrogen-bond acceptors (Lipinski definition) is 4. The lowest BCUT2D eigenvalue weighted by Crippen LogP contribution is -3.00. The number of halogens is 2. The molecular formula is C17H24Cl2N4O5. The summed E-state index contributed by atoms with van der Waals surface area (Å²) in [4.78, 5) is 21.2. The Kier molecular flexibility index (Phi) is 14.7. The van der Waals surface area contributed by atoms with Crippen LogP contribution in [0.1, 0.15) is 17.5 Å². The van der Waals surface area contributed by atoms with E-state index in [1.54, 1.807) is 36.4 Å². The van der Waals surface area contributed by atoms with E-state index in [9.17, 15) is 20.2 Å². The highest BCUT2D eigenvalue weighted by atomic mass is 35.5. The zero-order chi connectivity index (χ0) is 18.1. The van der Waals surface area contributed by atoms with Crippen LogP contribution in [0.15, 0.2) is 48.5 Å². The van der Waals surface area contributed by atoms with E-state index < -0.39 is 0 Å². The Morgan fingerprint density at radius 3 is 1.43 bits per heavy atom. The maximum absolute atomic E-state index is 10.9. The van der Waals surface area contributed by atoms with Crippen LogP contribution in [-0.4, -0.2) is 28.4 Å². The summed E-state index contributed by atoms with van der Waals surface area (Å²) in [5.74, 6) is 0. The van der Waals surface area contributed by atoms with E-state index in [-0.39, 0.29) is 51.5 Å². The van der Waals surface area contributed by atoms with Crippen molar-refractivity contribution < 1.29 is 50.8 Å². The molecule has 2 aromatic carbocycles. The number of nitrogens with two attached hydrogens (primary N) is 2. The Bertz CT molecular complexity index is 687. The van der Waals surface area contributed by atoms with Gasteiger partial charge in [0.2, 0.25) is 0 Å². The van der Waals surface area contributed by atoms with Gasteiger partial charge in [-0.05, 0) is 12.1 Å². The van der Waals surface area contributed by atoms with Crippen LogP contribution < -0.4 is 35.4 Å². The molecule has 0 aliphatic rings. The van der Waals surface area contributed by atoms with E-state index in [0.717, 1.165) is 30.6 Å². The minimum Gasteiger partial charge on any atom is -1.00 e. The lowest BCUT2D eigenvalue weighted by molar-refractivity contribution is -0.696. The van der Waals surface area contributed by atoms with Gasteiger partial charge in [0.25, 0.3) is 11.4 Å². The van der Waals surface area contributed by atoms with Crippen LogP contribution in [0.25, 0.3) is 0 Å². The number of rotatable bonds is 10. The topological polar surface area (TPSA) is 151 Å². The van der Waals surface area contributed by atoms with Crippen LogP contribution in [0.5, 0.6) is 0 Å². The first-order chi connectivity index (χ1) is 12.1. The number of nitro groups is 2. The van der Waals surface area contributed by atoms with Crippen molar-refractivity contribution in [2.24, 2.45) is 0 Å². The molecule has 0 aliphatic heterocycles. The molecule has 0 atom stereocenters. The molecule has 0 saturated heterocycles. The molecule has 0 unspecified atom stereocenters. The normalized spacial score (nSPS) is 9.43. The first kappa shape index (κ1) is 27.9. The fourth-order valence-corrected chi connectivity index (χ4v) is 2.64. The highest BCUT2D eigenvalue weighted by molar-refractivity contribution is 5.39. The number of nitrogens with zero attached hydrogens (tertiary/aromatic N) is 2. The lowest BCUT2D eigenvalue weighted by atomic mass is 10.2. The average molecular weight is 435 g/mol. The second-order valence-electron chi connectivity index (χ2n) is 5.69. The zero-order valence-corrected chi connectivity index (χ0v) is 16.6. The number of hydrogen-bond donors (Lipinski definition) is 2. The standard InChI is InChI=1S/C17H20N4O4.2ClH.H2O/c22-20(23)16-8-3-1-6-14(16)12-18-10-5-11-19-13-15-7-2-4-9-17(15)21(24)25;;;/h1-4,6-9,18-19H,5,10-13H2;2*1H;1H2. The first-order valence-electron chi connectivity index (χ1n) is 8.17. The van der Waals surface area contributed by atoms with Crippen LogP contribution in [0.2, 0.25) is 0 Å². The zero-order valence-electron chi connectivity index (χ0n) is 15.1. The molecule has 0 amide bonds. The highest BCUT2D eigenvalue weighted by Gasteiger charge is 2.14. The Balaban J connectivity index is 0. The molecule has 156 valence electrons. The van der Waals surface area contributed by atoms with Gasteiger partial charge in [0.1, 0.15) is 13.1 Å². The fraction of sp³-hybridized carbons (Fsp3) is 0.294. The van der Waals surface area contributed by atoms with E-state index >= 15 is 0 Å². The third-order valence-electron chi connectivity index (χ3n) is 3.92. The van der Waals surface area contributed by atoms with Crippen molar-refractivity contribution in [3.63, 3.8) is 0 Å². The minimum absolute atomic E-state index is 0. The molecule has 0 fully saturated rings. The van der Waals surface area contributed by atoms with Gasteiger partial charge in [0, 0.05) is 18.6 Å². The molecule has 11 heteroatoms. The van der Waals surface area contributed by atoms with Crippen LogP contribution in [-0.2, 0) is 13.1 Å². The first-order valence-corrected chi connectivity index (χ1v) is 8.17. The molecule has 0 saturated carbocycles. The second kappa shape index (κ2) is 14.7. The molecule has 0 bridgehead atoms. The van der Waals surface area contributed by atoms with Gasteiger partial charge in [-0.25, -0.2) is 0 Å². The monoisotopic (exact) mass is 434 g/mol. The molecule has 0 heterocycles. The number of benzene rings is 2. The van der Waals surface area contributed by atoms with E-state index in [0.29, 0.717) is 13.1 Å². The summed E-state index contributed by atoms with van der Waals surface area (Å²) in [6.07, 6.45) is 0.918. The van der Waals surface area contributed by atoms with Crippen molar-refractivity contribution in [2.75, 3.05) is 13.1 Å². The van der Waals surface area contributed by atoms with Crippen molar-refractivity contribution in [1.82, 2.24) is 0 Å². The molecule has 0 spiro atoms. The van der Waals surface area contributed by atoms with Gasteiger partial charge in [-0.1, -0.05) is 24.3 Å². The summed E-state index contributed by atoms with van der Waals surface area (Å²) in [6, 6.07) is 13.5. The number of para-hydroxylation sites is 2. The molecule has 28 heavy (non-hydrogen) atoms. The van der Waals surface area contributed by atoms with E-state index in [4.69, 9.17) is 0 Å². The molecule has 0 aliphatic carbocycles. The maximum Gasteiger partial charge on any atom is 0.278 e. The van der Waals surface area contributed by atoms with Crippen molar-refractivity contribution >= 4 is 11.4 Å². The third-order valence-corrected chi connectivity index (χ3v) is 3.92. The lowest BCUT2D eigenvalue weighted by Gasteiger charge is -2.04. The van der Waals surface area contributed by atoms with E-state index in [2.05, 4.69) is 0 Å². The Morgan fingerprint density at radius 1 is 0.714 bits per heavy atom. The maximum atomic E-state index is 10.9. The summed E-state index contributed by atoms with van der Waals surface area (Å²) < 4.78 is 0. The van der Waals surface area contributed by atoms with Gasteiger partial charge >= 0.3 is 0 Å². The summed E-state index contributed by atoms with van der Waals surface area (Å²) in [5, 5.41) is 26.0. The second-order valence-corrected chi connectivity index (χ2v) is 5.69. The predicted octanol–water partition coefficient (Wildman–Crippen LogP) is -6.10. The highest BCUT2D eigenvalue weighted by Crippen LogP contribution is 2.16. The SMILES string of the molecule is O.O=[N+]([O-])c1ccccc1C[NH2+]CCC[NH2+]Cc1ccccc1[N+](=O)[O-].[Cl-].[Cl-]. The molecule has 6 N–H and O–H groups in total. The van der Waals surface area contributed by atoms with Crippen LogP contribution in [0, 0.1) is 20.2 Å². The number of nitro benzene ring substituents is 2. The summed E-state index contributed by atoms with van der Waals surface area (Å²) in [6.45, 7) is 2.83. The molecule has 0 radical (unpaired) electrons. The average Bonchev–Trinajstić information content (AvgIpc) is 2.61. The van der Waals surface area contributed by atoms with Crippen LogP contribution in [0.3, 0.4) is 0 Å². The Hall–Kier alpha value is -2.30. The van der Waals surface area contributed by atoms with Crippen LogP contribution >= 0.6 is 0 Å². The quantitative estimate of drug-likeness (QED) is 0.217. The van der Waals surface area contributed by atoms with Gasteiger partial charge < -0.3 is 40.9 Å². The van der Waals surface area contributed by atoms with Gasteiger partial charge in [0.15, 0.2) is 0 Å². The minimum atomic E-state index is -0.357. The van der Waals surface area contributed by atoms with E-state index in [1.807, 2.05) is 10.6 Å². The third kappa shape index (κ3) is 8.59. The summed E-state index contributed by atoms with van der Waals surface area (Å²) >= 11 is 0. The molecular weight excluding hydrogens is 411 g/mol. The van der Waals surface area contributed by atoms with Crippen molar-refractivity contribution in [3.05, 3.63) is 79.9 Å². The molecule has 2 rings (SSSR count). The van der Waals surface area contributed by atoms with Crippen LogP contribution in [0.4, 0.5) is 11.4 Å². The van der Waals surface area contributed by atoms with Crippen molar-refractivity contribution in [2.45, 2.75) is 19.5 Å². The van der Waals surface area contributed by atoms with Gasteiger partial charge in [-0.2, -0.15) is 0 Å². The Morgan fingerprint density at radius 2 is 1.07 bits per heavy atom. The molecule has 9 nitrogen and oxygen atoms in total. The Labute approximate surface area is 175 Å². The van der Waals surface area contributed by atoms with Gasteiger partial charge in [-0.15, -0.1) is 0 Å². The summed E-state index contributed by atoms with van der Waals surface area (Å²) in [5.41, 5.74) is 1.75. The van der Waals surface area contributed by atoms with Gasteiger partial charge in [-0.3, -0.25) is 20.2 Å². The molecule has 0 aromatic heterocycles. The predicted molar refractivity (Wildman–Crippen MR) is 95.4 cm³/mol. The summed E-state index contributed by atoms with van der Waals surface area (Å²) in [7, 11) is 0. The van der Waals surface area contributed by atoms with Crippen molar-refractivity contribution in [3.8, 4) is 0 Å².